The Hall–Kier alpha value is -2.07. The number of amides is 1. The Kier molecular flexibility index (Phi) is 2.79. The van der Waals surface area contributed by atoms with Crippen LogP contribution in [0.2, 0.25) is 0 Å². The second-order valence-corrected chi connectivity index (χ2v) is 5.69. The molecule has 1 amide bonds. The molecule has 2 heterocycles. The van der Waals surface area contributed by atoms with Crippen molar-refractivity contribution in [1.29, 1.82) is 10.8 Å². The molecule has 1 spiro atoms. The van der Waals surface area contributed by atoms with Gasteiger partial charge in [-0.3, -0.25) is 10.8 Å². The number of hydrogen-bond donors (Lipinski definition) is 8. The molecule has 0 bridgehead atoms. The summed E-state index contributed by atoms with van der Waals surface area (Å²) >= 11 is 0. The number of piperidine rings is 1. The zero-order valence-electron chi connectivity index (χ0n) is 11.1. The van der Waals surface area contributed by atoms with Crippen LogP contribution in [0.25, 0.3) is 0 Å². The van der Waals surface area contributed by atoms with Gasteiger partial charge in [-0.05, 0) is 6.42 Å². The van der Waals surface area contributed by atoms with Crippen molar-refractivity contribution >= 4 is 17.9 Å². The van der Waals surface area contributed by atoms with E-state index in [0.717, 1.165) is 0 Å². The monoisotopic (exact) mass is 298 g/mol. The first-order chi connectivity index (χ1) is 9.78. The highest BCUT2D eigenvalue weighted by molar-refractivity contribution is 5.90. The lowest BCUT2D eigenvalue weighted by molar-refractivity contribution is -0.209. The highest BCUT2D eigenvalue weighted by Crippen LogP contribution is 2.48. The van der Waals surface area contributed by atoms with Gasteiger partial charge in [0.05, 0.1) is 17.9 Å². The van der Waals surface area contributed by atoms with E-state index in [-0.39, 0.29) is 24.8 Å². The number of amidine groups is 1. The average Bonchev–Trinajstić information content (AvgIpc) is 2.85. The summed E-state index contributed by atoms with van der Waals surface area (Å²) in [6.07, 6.45) is -0.462. The van der Waals surface area contributed by atoms with E-state index in [1.54, 1.807) is 0 Å². The van der Waals surface area contributed by atoms with Crippen LogP contribution in [0.15, 0.2) is 0 Å². The minimum absolute atomic E-state index is 0.0556. The van der Waals surface area contributed by atoms with Crippen molar-refractivity contribution in [2.24, 2.45) is 11.7 Å². The summed E-state index contributed by atoms with van der Waals surface area (Å²) in [6.45, 7) is -0.144. The molecule has 2 aliphatic heterocycles. The third-order valence-corrected chi connectivity index (χ3v) is 4.61. The van der Waals surface area contributed by atoms with Crippen LogP contribution in [0.3, 0.4) is 0 Å². The maximum atomic E-state index is 10.8. The molecule has 2 unspecified atom stereocenters. The average molecular weight is 298 g/mol. The molecule has 0 aromatic carbocycles. The van der Waals surface area contributed by atoms with Crippen molar-refractivity contribution in [3.05, 3.63) is 0 Å². The second kappa shape index (κ2) is 4.21. The van der Waals surface area contributed by atoms with E-state index in [1.165, 1.54) is 0 Å². The van der Waals surface area contributed by atoms with E-state index in [4.69, 9.17) is 21.3 Å². The summed E-state index contributed by atoms with van der Waals surface area (Å²) in [4.78, 5) is 10.8. The summed E-state index contributed by atoms with van der Waals surface area (Å²) in [6, 6.07) is -1.23. The smallest absolute Gasteiger partial charge is 0.404 e. The molecule has 9 N–H and O–H groups in total. The van der Waals surface area contributed by atoms with Crippen molar-refractivity contribution in [3.8, 4) is 0 Å². The Morgan fingerprint density at radius 1 is 1.43 bits per heavy atom. The maximum absolute atomic E-state index is 10.8. The predicted molar refractivity (Wildman–Crippen MR) is 70.6 cm³/mol. The van der Waals surface area contributed by atoms with E-state index in [0.29, 0.717) is 6.42 Å². The fraction of sp³-hybridized carbons (Fsp3) is 0.727. The highest BCUT2D eigenvalue weighted by Gasteiger charge is 2.71. The molecule has 10 nitrogen and oxygen atoms in total. The molecule has 0 aromatic heterocycles. The van der Waals surface area contributed by atoms with Crippen LogP contribution in [-0.2, 0) is 4.74 Å². The van der Waals surface area contributed by atoms with Crippen molar-refractivity contribution in [1.82, 2.24) is 16.0 Å². The Balaban J connectivity index is 1.97. The number of carbonyl (C=O) groups excluding carboxylic acids is 1. The van der Waals surface area contributed by atoms with Gasteiger partial charge < -0.3 is 36.6 Å². The number of carbonyl (C=O) groups is 1. The highest BCUT2D eigenvalue weighted by atomic mass is 16.5. The van der Waals surface area contributed by atoms with Gasteiger partial charge in [0.1, 0.15) is 12.1 Å². The Labute approximate surface area is 120 Å². The number of aliphatic hydroxyl groups is 2. The summed E-state index contributed by atoms with van der Waals surface area (Å²) in [5, 5.41) is 45.1. The van der Waals surface area contributed by atoms with Gasteiger partial charge >= 0.3 is 6.09 Å². The first kappa shape index (κ1) is 13.9. The van der Waals surface area contributed by atoms with E-state index in [9.17, 15) is 15.0 Å². The van der Waals surface area contributed by atoms with Crippen LogP contribution in [0.1, 0.15) is 12.8 Å². The molecular weight excluding hydrogens is 280 g/mol. The molecule has 21 heavy (non-hydrogen) atoms. The molecular formula is C11H18N6O4. The molecule has 1 saturated carbocycles. The molecule has 0 aromatic rings. The van der Waals surface area contributed by atoms with Gasteiger partial charge in [-0.25, -0.2) is 4.79 Å². The normalized spacial score (nSPS) is 39.6. The topological polar surface area (TPSA) is 177 Å². The third-order valence-electron chi connectivity index (χ3n) is 4.61. The van der Waals surface area contributed by atoms with Crippen LogP contribution >= 0.6 is 0 Å². The van der Waals surface area contributed by atoms with Crippen molar-refractivity contribution in [3.63, 3.8) is 0 Å². The zero-order chi connectivity index (χ0) is 15.4. The Morgan fingerprint density at radius 3 is 2.81 bits per heavy atom. The minimum atomic E-state index is -2.07. The fourth-order valence-corrected chi connectivity index (χ4v) is 3.79. The van der Waals surface area contributed by atoms with Crippen LogP contribution < -0.4 is 21.7 Å². The van der Waals surface area contributed by atoms with Gasteiger partial charge in [0.2, 0.25) is 0 Å². The first-order valence-corrected chi connectivity index (χ1v) is 6.63. The predicted octanol–water partition coefficient (Wildman–Crippen LogP) is -2.64. The van der Waals surface area contributed by atoms with Crippen LogP contribution in [0.4, 0.5) is 4.79 Å². The molecule has 2 saturated heterocycles. The summed E-state index contributed by atoms with van der Waals surface area (Å²) in [7, 11) is 0. The van der Waals surface area contributed by atoms with Crippen molar-refractivity contribution in [2.45, 2.75) is 36.3 Å². The standard InChI is InChI=1S/C11H18N6O4/c12-7-4-1-2-10(19,20)11(4)6(16-8(13)17-11)5(15-7)3-21-9(14)18/h4-6,19-20H,1-3H2,(H2,12,15)(H2,14,18)(H3,13,16,17)/t4?,5?,6-,11+/m0/s1. The van der Waals surface area contributed by atoms with Gasteiger partial charge in [-0.1, -0.05) is 0 Å². The number of hydrogen-bond acceptors (Lipinski definition) is 6. The van der Waals surface area contributed by atoms with Crippen LogP contribution in [-0.4, -0.2) is 58.1 Å². The molecule has 1 aliphatic carbocycles. The Bertz CT molecular complexity index is 523. The van der Waals surface area contributed by atoms with E-state index < -0.39 is 35.4 Å². The minimum Gasteiger partial charge on any atom is -0.447 e. The van der Waals surface area contributed by atoms with Crippen LogP contribution in [0, 0.1) is 16.7 Å². The summed E-state index contributed by atoms with van der Waals surface area (Å²) < 4.78 is 4.76. The number of rotatable bonds is 2. The lowest BCUT2D eigenvalue weighted by atomic mass is 9.72. The molecule has 0 radical (unpaired) electrons. The van der Waals surface area contributed by atoms with Gasteiger partial charge in [0.25, 0.3) is 0 Å². The maximum Gasteiger partial charge on any atom is 0.404 e. The van der Waals surface area contributed by atoms with E-state index in [2.05, 4.69) is 16.0 Å². The van der Waals surface area contributed by atoms with Gasteiger partial charge in [0, 0.05) is 12.3 Å². The number of guanidine groups is 1. The second-order valence-electron chi connectivity index (χ2n) is 5.69. The van der Waals surface area contributed by atoms with Crippen molar-refractivity contribution < 1.29 is 19.7 Å². The number of ether oxygens (including phenoxy) is 1. The Morgan fingerprint density at radius 2 is 2.14 bits per heavy atom. The van der Waals surface area contributed by atoms with E-state index in [1.807, 2.05) is 0 Å². The first-order valence-electron chi connectivity index (χ1n) is 6.63. The van der Waals surface area contributed by atoms with Crippen LogP contribution in [0.5, 0.6) is 0 Å². The summed E-state index contributed by atoms with van der Waals surface area (Å²) in [5.41, 5.74) is 3.65. The molecule has 10 heteroatoms. The molecule has 3 aliphatic rings. The van der Waals surface area contributed by atoms with Crippen molar-refractivity contribution in [2.75, 3.05) is 6.61 Å². The number of primary amides is 1. The van der Waals surface area contributed by atoms with E-state index >= 15 is 0 Å². The zero-order valence-corrected chi connectivity index (χ0v) is 11.1. The van der Waals surface area contributed by atoms with Gasteiger partial charge in [-0.2, -0.15) is 0 Å². The number of nitrogens with one attached hydrogen (secondary N) is 5. The molecule has 3 fully saturated rings. The molecule has 3 rings (SSSR count). The lowest BCUT2D eigenvalue weighted by Gasteiger charge is -2.49. The lowest BCUT2D eigenvalue weighted by Crippen LogP contribution is -2.76. The van der Waals surface area contributed by atoms with Gasteiger partial charge in [0.15, 0.2) is 11.7 Å². The number of nitrogens with two attached hydrogens (primary N) is 1. The third kappa shape index (κ3) is 1.75. The quantitative estimate of drug-likeness (QED) is 0.257. The SMILES string of the molecule is N=C1N[C@H]2C(COC(N)=O)NC(=N)C3CCC(O)(O)[C@@]32N1. The van der Waals surface area contributed by atoms with Gasteiger partial charge in [-0.15, -0.1) is 0 Å². The molecule has 4 atom stereocenters. The summed E-state index contributed by atoms with van der Waals surface area (Å²) in [5.74, 6) is -2.48. The largest absolute Gasteiger partial charge is 0.447 e. The fourth-order valence-electron chi connectivity index (χ4n) is 3.79. The molecule has 116 valence electrons.